The summed E-state index contributed by atoms with van der Waals surface area (Å²) in [6.07, 6.45) is -0.737. The fourth-order valence-corrected chi connectivity index (χ4v) is 2.64. The van der Waals surface area contributed by atoms with E-state index < -0.39 is 0 Å². The van der Waals surface area contributed by atoms with Crippen LogP contribution in [0.1, 0.15) is 23.7 Å². The molecule has 2 atom stereocenters. The van der Waals surface area contributed by atoms with E-state index in [1.165, 1.54) is 0 Å². The maximum Gasteiger partial charge on any atom is 0.177 e. The first kappa shape index (κ1) is 14.2. The Kier molecular flexibility index (Phi) is 5.50. The second-order valence-electron chi connectivity index (χ2n) is 4.09. The van der Waals surface area contributed by atoms with E-state index in [4.69, 9.17) is 13.6 Å². The van der Waals surface area contributed by atoms with Crippen molar-refractivity contribution in [2.24, 2.45) is 0 Å². The molecular formula is C14H18O3Si2. The Hall–Kier alpha value is -1.25. The SMILES string of the molecule is [SiH3]OC(OC(O[SiH3])c1ccccc1)c1ccccc1. The van der Waals surface area contributed by atoms with Gasteiger partial charge in [-0.25, -0.2) is 0 Å². The van der Waals surface area contributed by atoms with Gasteiger partial charge < -0.3 is 13.6 Å². The first-order chi connectivity index (χ1) is 9.35. The maximum absolute atomic E-state index is 5.95. The third kappa shape index (κ3) is 3.86. The molecule has 3 nitrogen and oxygen atoms in total. The quantitative estimate of drug-likeness (QED) is 0.587. The van der Waals surface area contributed by atoms with E-state index >= 15 is 0 Å². The Bertz CT molecular complexity index is 433. The molecule has 0 spiro atoms. The van der Waals surface area contributed by atoms with E-state index in [0.717, 1.165) is 11.1 Å². The normalized spacial score (nSPS) is 14.3. The highest BCUT2D eigenvalue weighted by atomic mass is 28.2. The van der Waals surface area contributed by atoms with Crippen LogP contribution in [0.15, 0.2) is 60.7 Å². The summed E-state index contributed by atoms with van der Waals surface area (Å²) in [4.78, 5) is 0. The van der Waals surface area contributed by atoms with Crippen molar-refractivity contribution in [3.8, 4) is 0 Å². The van der Waals surface area contributed by atoms with Gasteiger partial charge in [-0.05, 0) is 0 Å². The van der Waals surface area contributed by atoms with Crippen molar-refractivity contribution >= 4 is 21.0 Å². The second kappa shape index (κ2) is 7.37. The van der Waals surface area contributed by atoms with Crippen LogP contribution in [0, 0.1) is 0 Å². The molecule has 0 heterocycles. The van der Waals surface area contributed by atoms with Gasteiger partial charge in [0, 0.05) is 11.1 Å². The van der Waals surface area contributed by atoms with Gasteiger partial charge in [-0.2, -0.15) is 0 Å². The molecule has 2 aromatic carbocycles. The zero-order chi connectivity index (χ0) is 13.5. The summed E-state index contributed by atoms with van der Waals surface area (Å²) in [6.45, 7) is 0. The van der Waals surface area contributed by atoms with Crippen molar-refractivity contribution in [2.75, 3.05) is 0 Å². The van der Waals surface area contributed by atoms with Crippen molar-refractivity contribution in [1.29, 1.82) is 0 Å². The topological polar surface area (TPSA) is 27.7 Å². The fourth-order valence-electron chi connectivity index (χ4n) is 1.87. The molecular weight excluding hydrogens is 272 g/mol. The molecule has 0 saturated heterocycles. The minimum Gasteiger partial charge on any atom is -0.400 e. The Morgan fingerprint density at radius 1 is 0.632 bits per heavy atom. The lowest BCUT2D eigenvalue weighted by Crippen LogP contribution is -2.14. The lowest BCUT2D eigenvalue weighted by atomic mass is 10.2. The summed E-state index contributed by atoms with van der Waals surface area (Å²) in [5.41, 5.74) is 2.02. The molecule has 0 aliphatic rings. The van der Waals surface area contributed by atoms with Crippen molar-refractivity contribution in [3.05, 3.63) is 71.8 Å². The zero-order valence-electron chi connectivity index (χ0n) is 11.2. The standard InChI is InChI=1S/C14H18O3Si2/c18-16-13(11-7-3-1-4-8-11)15-14(17-19)12-9-5-2-6-10-12/h1-10,13-14H,18-19H3. The lowest BCUT2D eigenvalue weighted by Gasteiger charge is -2.24. The van der Waals surface area contributed by atoms with E-state index in [0.29, 0.717) is 21.0 Å². The van der Waals surface area contributed by atoms with Gasteiger partial charge in [-0.3, -0.25) is 0 Å². The van der Waals surface area contributed by atoms with Gasteiger partial charge in [0.15, 0.2) is 12.6 Å². The smallest absolute Gasteiger partial charge is 0.177 e. The highest BCUT2D eigenvalue weighted by Crippen LogP contribution is 2.27. The monoisotopic (exact) mass is 290 g/mol. The third-order valence-corrected chi connectivity index (χ3v) is 3.68. The number of benzene rings is 2. The van der Waals surface area contributed by atoms with Crippen LogP contribution in [-0.2, 0) is 13.6 Å². The minimum absolute atomic E-state index is 0.368. The van der Waals surface area contributed by atoms with E-state index in [1.807, 2.05) is 60.7 Å². The molecule has 2 aromatic rings. The molecule has 0 bridgehead atoms. The highest BCUT2D eigenvalue weighted by molar-refractivity contribution is 5.98. The predicted octanol–water partition coefficient (Wildman–Crippen LogP) is 0.995. The van der Waals surface area contributed by atoms with Crippen LogP contribution in [0.3, 0.4) is 0 Å². The Morgan fingerprint density at radius 3 is 1.32 bits per heavy atom. The summed E-state index contributed by atoms with van der Waals surface area (Å²) >= 11 is 0. The van der Waals surface area contributed by atoms with Crippen molar-refractivity contribution in [1.82, 2.24) is 0 Å². The number of ether oxygens (including phenoxy) is 1. The second-order valence-corrected chi connectivity index (χ2v) is 5.04. The molecule has 0 fully saturated rings. The van der Waals surface area contributed by atoms with Gasteiger partial charge in [0.1, 0.15) is 21.0 Å². The maximum atomic E-state index is 5.95. The Labute approximate surface area is 119 Å². The number of rotatable bonds is 6. The van der Waals surface area contributed by atoms with Crippen molar-refractivity contribution < 1.29 is 13.6 Å². The highest BCUT2D eigenvalue weighted by Gasteiger charge is 2.18. The molecule has 0 aliphatic heterocycles. The van der Waals surface area contributed by atoms with Crippen LogP contribution in [0.2, 0.25) is 0 Å². The average Bonchev–Trinajstić information content (AvgIpc) is 2.50. The lowest BCUT2D eigenvalue weighted by molar-refractivity contribution is -0.190. The van der Waals surface area contributed by atoms with Crippen molar-refractivity contribution in [2.45, 2.75) is 12.6 Å². The van der Waals surface area contributed by atoms with Gasteiger partial charge in [0.25, 0.3) is 0 Å². The average molecular weight is 290 g/mol. The van der Waals surface area contributed by atoms with Crippen LogP contribution >= 0.6 is 0 Å². The molecule has 19 heavy (non-hydrogen) atoms. The summed E-state index contributed by atoms with van der Waals surface area (Å²) < 4.78 is 17.0. The first-order valence-electron chi connectivity index (χ1n) is 6.16. The van der Waals surface area contributed by atoms with Crippen LogP contribution in [0.5, 0.6) is 0 Å². The molecule has 0 saturated carbocycles. The van der Waals surface area contributed by atoms with Crippen LogP contribution in [-0.4, -0.2) is 21.0 Å². The summed E-state index contributed by atoms with van der Waals surface area (Å²) in [7, 11) is 1.22. The molecule has 0 aromatic heterocycles. The van der Waals surface area contributed by atoms with Gasteiger partial charge in [-0.1, -0.05) is 60.7 Å². The molecule has 0 N–H and O–H groups in total. The van der Waals surface area contributed by atoms with Crippen LogP contribution < -0.4 is 0 Å². The molecule has 5 heteroatoms. The summed E-state index contributed by atoms with van der Waals surface area (Å²) in [5.74, 6) is 0. The van der Waals surface area contributed by atoms with E-state index in [-0.39, 0.29) is 12.6 Å². The molecule has 0 radical (unpaired) electrons. The predicted molar refractivity (Wildman–Crippen MR) is 81.5 cm³/mol. The first-order valence-corrected chi connectivity index (χ1v) is 7.79. The van der Waals surface area contributed by atoms with Crippen LogP contribution in [0.25, 0.3) is 0 Å². The van der Waals surface area contributed by atoms with Gasteiger partial charge in [0.2, 0.25) is 0 Å². The van der Waals surface area contributed by atoms with Gasteiger partial charge in [0.05, 0.1) is 0 Å². The van der Waals surface area contributed by atoms with E-state index in [1.54, 1.807) is 0 Å². The molecule has 2 rings (SSSR count). The Balaban J connectivity index is 2.13. The van der Waals surface area contributed by atoms with Crippen molar-refractivity contribution in [3.63, 3.8) is 0 Å². The molecule has 100 valence electrons. The largest absolute Gasteiger partial charge is 0.400 e. The molecule has 2 unspecified atom stereocenters. The number of hydrogen-bond donors (Lipinski definition) is 0. The van der Waals surface area contributed by atoms with Gasteiger partial charge >= 0.3 is 0 Å². The number of hydrogen-bond acceptors (Lipinski definition) is 3. The minimum atomic E-state index is -0.368. The van der Waals surface area contributed by atoms with E-state index in [2.05, 4.69) is 0 Å². The molecule has 0 amide bonds. The summed E-state index contributed by atoms with van der Waals surface area (Å²) in [6, 6.07) is 19.9. The zero-order valence-corrected chi connectivity index (χ0v) is 15.2. The van der Waals surface area contributed by atoms with Crippen LogP contribution in [0.4, 0.5) is 0 Å². The third-order valence-electron chi connectivity index (χ3n) is 2.82. The Morgan fingerprint density at radius 2 is 1.00 bits per heavy atom. The summed E-state index contributed by atoms with van der Waals surface area (Å²) in [5, 5.41) is 0. The molecule has 0 aliphatic carbocycles. The van der Waals surface area contributed by atoms with E-state index in [9.17, 15) is 0 Å². The fraction of sp³-hybridized carbons (Fsp3) is 0.143. The van der Waals surface area contributed by atoms with Gasteiger partial charge in [-0.15, -0.1) is 0 Å².